The van der Waals surface area contributed by atoms with Crippen molar-refractivity contribution in [3.63, 3.8) is 0 Å². The lowest BCUT2D eigenvalue weighted by Crippen LogP contribution is -2.45. The number of amides is 1. The van der Waals surface area contributed by atoms with Crippen molar-refractivity contribution in [1.82, 2.24) is 5.32 Å². The van der Waals surface area contributed by atoms with Crippen molar-refractivity contribution in [2.75, 3.05) is 0 Å². The Labute approximate surface area is 118 Å². The summed E-state index contributed by atoms with van der Waals surface area (Å²) in [6.45, 7) is 4.44. The number of carbonyl (C=O) groups is 1. The molecule has 1 saturated carbocycles. The van der Waals surface area contributed by atoms with Gasteiger partial charge in [0.15, 0.2) is 0 Å². The number of nitrogens with two attached hydrogens (primary N) is 1. The molecular formula is C15H19ClN2O. The molecule has 1 aliphatic heterocycles. The van der Waals surface area contributed by atoms with Crippen LogP contribution in [0.1, 0.15) is 38.2 Å². The summed E-state index contributed by atoms with van der Waals surface area (Å²) in [6.07, 6.45) is 1.94. The maximum Gasteiger partial charge on any atom is 0.234 e. The van der Waals surface area contributed by atoms with Gasteiger partial charge < -0.3 is 5.73 Å². The predicted molar refractivity (Wildman–Crippen MR) is 76.1 cm³/mol. The van der Waals surface area contributed by atoms with Crippen molar-refractivity contribution in [3.8, 4) is 0 Å². The second kappa shape index (κ2) is 3.97. The molecular weight excluding hydrogens is 260 g/mol. The first kappa shape index (κ1) is 12.9. The molecule has 2 aliphatic rings. The Morgan fingerprint density at radius 1 is 1.58 bits per heavy atom. The Bertz CT molecular complexity index is 547. The van der Waals surface area contributed by atoms with Crippen LogP contribution in [0.4, 0.5) is 0 Å². The van der Waals surface area contributed by atoms with Crippen LogP contribution in [0.15, 0.2) is 24.3 Å². The van der Waals surface area contributed by atoms with E-state index >= 15 is 0 Å². The number of halogens is 1. The third-order valence-corrected chi connectivity index (χ3v) is 5.37. The second-order valence-electron chi connectivity index (χ2n) is 6.29. The zero-order valence-electron chi connectivity index (χ0n) is 11.2. The maximum absolute atomic E-state index is 11.4. The van der Waals surface area contributed by atoms with Crippen LogP contribution in [-0.4, -0.2) is 17.5 Å². The third kappa shape index (κ3) is 1.79. The maximum atomic E-state index is 11.4. The largest absolute Gasteiger partial charge is 0.368 e. The number of hydrogen-bond donors (Lipinski definition) is 2. The molecule has 4 heteroatoms. The van der Waals surface area contributed by atoms with Crippen molar-refractivity contribution < 1.29 is 4.79 Å². The van der Waals surface area contributed by atoms with E-state index in [4.69, 9.17) is 17.3 Å². The molecule has 0 bridgehead atoms. The predicted octanol–water partition coefficient (Wildman–Crippen LogP) is 2.44. The van der Waals surface area contributed by atoms with Crippen molar-refractivity contribution >= 4 is 17.5 Å². The fourth-order valence-corrected chi connectivity index (χ4v) is 4.09. The molecule has 3 unspecified atom stereocenters. The number of nitrogens with one attached hydrogen (secondary N) is 1. The van der Waals surface area contributed by atoms with Gasteiger partial charge in [-0.05, 0) is 41.9 Å². The van der Waals surface area contributed by atoms with Crippen LogP contribution in [-0.2, 0) is 4.79 Å². The van der Waals surface area contributed by atoms with E-state index in [-0.39, 0.29) is 22.9 Å². The molecule has 1 aromatic carbocycles. The quantitative estimate of drug-likeness (QED) is 0.892. The summed E-state index contributed by atoms with van der Waals surface area (Å²) in [5, 5.41) is 4.24. The topological polar surface area (TPSA) is 55.1 Å². The Morgan fingerprint density at radius 2 is 2.32 bits per heavy atom. The van der Waals surface area contributed by atoms with Gasteiger partial charge in [0.25, 0.3) is 0 Å². The summed E-state index contributed by atoms with van der Waals surface area (Å²) in [7, 11) is 0. The van der Waals surface area contributed by atoms with Crippen LogP contribution in [0.3, 0.4) is 0 Å². The van der Waals surface area contributed by atoms with Gasteiger partial charge in [0.05, 0.1) is 6.04 Å². The van der Waals surface area contributed by atoms with Gasteiger partial charge in [-0.3, -0.25) is 10.1 Å². The monoisotopic (exact) mass is 278 g/mol. The molecule has 102 valence electrons. The average Bonchev–Trinajstić information content (AvgIpc) is 2.82. The number of hydrogen-bond acceptors (Lipinski definition) is 2. The van der Waals surface area contributed by atoms with Crippen LogP contribution >= 0.6 is 11.6 Å². The van der Waals surface area contributed by atoms with E-state index in [1.165, 1.54) is 5.56 Å². The average molecular weight is 279 g/mol. The number of primary amides is 1. The Balaban J connectivity index is 1.89. The van der Waals surface area contributed by atoms with E-state index in [1.54, 1.807) is 0 Å². The molecule has 1 heterocycles. The molecule has 1 aliphatic carbocycles. The Morgan fingerprint density at radius 3 is 2.89 bits per heavy atom. The van der Waals surface area contributed by atoms with E-state index in [2.05, 4.69) is 25.2 Å². The summed E-state index contributed by atoms with van der Waals surface area (Å²) in [6, 6.07) is 7.78. The molecule has 19 heavy (non-hydrogen) atoms. The van der Waals surface area contributed by atoms with Crippen LogP contribution < -0.4 is 11.1 Å². The number of rotatable bonds is 3. The standard InChI is InChI=1S/C15H19ClN2O/c1-9(10-4-3-5-11(16)6-10)15-8-14(15,2)7-12(18-15)13(17)19/h3-6,9,12,18H,7-8H2,1-2H3,(H2,17,19)/t9-,12?,14?,15?/m0/s1. The van der Waals surface area contributed by atoms with Crippen LogP contribution in [0, 0.1) is 5.41 Å². The summed E-state index contributed by atoms with van der Waals surface area (Å²) in [5.41, 5.74) is 6.83. The van der Waals surface area contributed by atoms with Crippen molar-refractivity contribution in [1.29, 1.82) is 0 Å². The first-order valence-corrected chi connectivity index (χ1v) is 7.08. The van der Waals surface area contributed by atoms with Crippen molar-refractivity contribution in [3.05, 3.63) is 34.9 Å². The first-order valence-electron chi connectivity index (χ1n) is 6.70. The molecule has 4 atom stereocenters. The lowest BCUT2D eigenvalue weighted by atomic mass is 9.86. The second-order valence-corrected chi connectivity index (χ2v) is 6.73. The number of benzene rings is 1. The fraction of sp³-hybridized carbons (Fsp3) is 0.533. The Kier molecular flexibility index (Phi) is 2.70. The van der Waals surface area contributed by atoms with Crippen LogP contribution in [0.5, 0.6) is 0 Å². The van der Waals surface area contributed by atoms with E-state index in [0.717, 1.165) is 17.9 Å². The highest BCUT2D eigenvalue weighted by atomic mass is 35.5. The van der Waals surface area contributed by atoms with E-state index in [9.17, 15) is 4.79 Å². The van der Waals surface area contributed by atoms with Gasteiger partial charge in [-0.1, -0.05) is 37.6 Å². The summed E-state index contributed by atoms with van der Waals surface area (Å²) < 4.78 is 0. The minimum atomic E-state index is -0.244. The molecule has 0 aromatic heterocycles. The molecule has 3 N–H and O–H groups in total. The van der Waals surface area contributed by atoms with Gasteiger partial charge in [0.2, 0.25) is 5.91 Å². The smallest absolute Gasteiger partial charge is 0.234 e. The minimum Gasteiger partial charge on any atom is -0.368 e. The van der Waals surface area contributed by atoms with E-state index in [0.29, 0.717) is 5.92 Å². The molecule has 3 nitrogen and oxygen atoms in total. The molecule has 2 fully saturated rings. The van der Waals surface area contributed by atoms with Gasteiger partial charge in [0, 0.05) is 10.6 Å². The lowest BCUT2D eigenvalue weighted by Gasteiger charge is -2.26. The Hall–Kier alpha value is -1.06. The number of carbonyl (C=O) groups excluding carboxylic acids is 1. The third-order valence-electron chi connectivity index (χ3n) is 5.14. The number of fused-ring (bicyclic) bond motifs is 1. The van der Waals surface area contributed by atoms with Crippen LogP contribution in [0.2, 0.25) is 5.02 Å². The van der Waals surface area contributed by atoms with Gasteiger partial charge >= 0.3 is 0 Å². The first-order chi connectivity index (χ1) is 8.88. The molecule has 3 rings (SSSR count). The van der Waals surface area contributed by atoms with E-state index < -0.39 is 0 Å². The highest BCUT2D eigenvalue weighted by Gasteiger charge is 2.72. The highest BCUT2D eigenvalue weighted by molar-refractivity contribution is 6.30. The van der Waals surface area contributed by atoms with E-state index in [1.807, 2.05) is 18.2 Å². The molecule has 1 aromatic rings. The molecule has 1 amide bonds. The highest BCUT2D eigenvalue weighted by Crippen LogP contribution is 2.68. The van der Waals surface area contributed by atoms with Crippen molar-refractivity contribution in [2.45, 2.75) is 44.2 Å². The zero-order valence-corrected chi connectivity index (χ0v) is 12.0. The molecule has 1 saturated heterocycles. The van der Waals surface area contributed by atoms with Gasteiger partial charge in [-0.15, -0.1) is 0 Å². The summed E-state index contributed by atoms with van der Waals surface area (Å²) in [4.78, 5) is 11.4. The van der Waals surface area contributed by atoms with Gasteiger partial charge in [-0.25, -0.2) is 0 Å². The zero-order chi connectivity index (χ0) is 13.8. The SMILES string of the molecule is C[C@@H](c1cccc(Cl)c1)C12CC1(C)CC(C(N)=O)N2. The van der Waals surface area contributed by atoms with Gasteiger partial charge in [0.1, 0.15) is 0 Å². The normalized spacial score (nSPS) is 37.7. The lowest BCUT2D eigenvalue weighted by molar-refractivity contribution is -0.120. The van der Waals surface area contributed by atoms with Crippen LogP contribution in [0.25, 0.3) is 0 Å². The summed E-state index contributed by atoms with van der Waals surface area (Å²) >= 11 is 6.07. The fourth-order valence-electron chi connectivity index (χ4n) is 3.90. The van der Waals surface area contributed by atoms with Gasteiger partial charge in [-0.2, -0.15) is 0 Å². The van der Waals surface area contributed by atoms with Crippen molar-refractivity contribution in [2.24, 2.45) is 11.1 Å². The number of piperidine rings is 1. The molecule has 0 spiro atoms. The summed E-state index contributed by atoms with van der Waals surface area (Å²) in [5.74, 6) is 0.0756. The minimum absolute atomic E-state index is 0.00260. The molecule has 0 radical (unpaired) electrons.